The van der Waals surface area contributed by atoms with Crippen LogP contribution in [-0.2, 0) is 25.5 Å². The predicted molar refractivity (Wildman–Crippen MR) is 112 cm³/mol. The lowest BCUT2D eigenvalue weighted by Crippen LogP contribution is -2.47. The third-order valence-corrected chi connectivity index (χ3v) is 4.37. The van der Waals surface area contributed by atoms with Crippen LogP contribution in [0.3, 0.4) is 0 Å². The second-order valence-electron chi connectivity index (χ2n) is 7.21. The van der Waals surface area contributed by atoms with E-state index in [9.17, 15) is 14.4 Å². The Morgan fingerprint density at radius 3 is 2.37 bits per heavy atom. The number of amides is 2. The van der Waals surface area contributed by atoms with Gasteiger partial charge in [-0.25, -0.2) is 4.79 Å². The molecule has 2 atom stereocenters. The van der Waals surface area contributed by atoms with Gasteiger partial charge in [0.05, 0.1) is 18.1 Å². The maximum Gasteiger partial charge on any atom is 0.329 e. The molecule has 2 aromatic rings. The summed E-state index contributed by atoms with van der Waals surface area (Å²) in [6.07, 6.45) is -0.932. The van der Waals surface area contributed by atoms with Crippen molar-refractivity contribution in [2.75, 3.05) is 5.32 Å². The molecule has 156 valence electrons. The lowest BCUT2D eigenvalue weighted by molar-refractivity contribution is -0.157. The summed E-state index contributed by atoms with van der Waals surface area (Å²) in [5, 5.41) is 14.2. The van der Waals surface area contributed by atoms with Crippen LogP contribution >= 0.6 is 0 Å². The van der Waals surface area contributed by atoms with Crippen molar-refractivity contribution in [3.8, 4) is 6.07 Å². The van der Waals surface area contributed by atoms with Crippen LogP contribution in [0, 0.1) is 17.2 Å². The van der Waals surface area contributed by atoms with Crippen LogP contribution in [0.4, 0.5) is 5.69 Å². The number of anilines is 1. The van der Waals surface area contributed by atoms with Gasteiger partial charge in [0.1, 0.15) is 6.04 Å². The van der Waals surface area contributed by atoms with Crippen molar-refractivity contribution in [1.82, 2.24) is 5.32 Å². The highest BCUT2D eigenvalue weighted by atomic mass is 16.5. The van der Waals surface area contributed by atoms with E-state index in [4.69, 9.17) is 10.00 Å². The molecular formula is C23H25N3O4. The Labute approximate surface area is 176 Å². The minimum atomic E-state index is -1.07. The third-order valence-electron chi connectivity index (χ3n) is 4.37. The molecule has 0 aromatic heterocycles. The van der Waals surface area contributed by atoms with Gasteiger partial charge in [0, 0.05) is 5.69 Å². The first-order chi connectivity index (χ1) is 14.3. The van der Waals surface area contributed by atoms with Gasteiger partial charge < -0.3 is 15.4 Å². The third kappa shape index (κ3) is 6.74. The molecule has 2 N–H and O–H groups in total. The molecule has 0 saturated carbocycles. The first-order valence-corrected chi connectivity index (χ1v) is 9.65. The highest BCUT2D eigenvalue weighted by Crippen LogP contribution is 2.12. The molecule has 7 heteroatoms. The van der Waals surface area contributed by atoms with E-state index < -0.39 is 24.0 Å². The molecular weight excluding hydrogens is 382 g/mol. The number of carbonyl (C=O) groups excluding carboxylic acids is 3. The van der Waals surface area contributed by atoms with Crippen molar-refractivity contribution < 1.29 is 19.1 Å². The SMILES string of the molecule is CC(OC(=O)[C@@H](NC(=O)Cc1ccccc1)C(C)C)C(=O)Nc1cccc(C#N)c1. The maximum absolute atomic E-state index is 12.6. The van der Waals surface area contributed by atoms with Crippen LogP contribution in [0.1, 0.15) is 31.9 Å². The van der Waals surface area contributed by atoms with E-state index in [1.165, 1.54) is 13.0 Å². The molecule has 0 saturated heterocycles. The fourth-order valence-electron chi connectivity index (χ4n) is 2.71. The van der Waals surface area contributed by atoms with E-state index in [1.54, 1.807) is 32.0 Å². The summed E-state index contributed by atoms with van der Waals surface area (Å²) < 4.78 is 5.28. The number of benzene rings is 2. The Morgan fingerprint density at radius 2 is 1.73 bits per heavy atom. The molecule has 2 amide bonds. The van der Waals surface area contributed by atoms with E-state index in [1.807, 2.05) is 36.4 Å². The Morgan fingerprint density at radius 1 is 1.03 bits per heavy atom. The van der Waals surface area contributed by atoms with Crippen molar-refractivity contribution >= 4 is 23.5 Å². The fraction of sp³-hybridized carbons (Fsp3) is 0.304. The number of hydrogen-bond acceptors (Lipinski definition) is 5. The predicted octanol–water partition coefficient (Wildman–Crippen LogP) is 2.81. The number of nitrogens with zero attached hydrogens (tertiary/aromatic N) is 1. The molecule has 0 aliphatic carbocycles. The summed E-state index contributed by atoms with van der Waals surface area (Å²) in [5.41, 5.74) is 1.66. The minimum Gasteiger partial charge on any atom is -0.451 e. The van der Waals surface area contributed by atoms with E-state index >= 15 is 0 Å². The zero-order valence-electron chi connectivity index (χ0n) is 17.2. The number of esters is 1. The van der Waals surface area contributed by atoms with Crippen molar-refractivity contribution in [3.05, 3.63) is 65.7 Å². The van der Waals surface area contributed by atoms with Crippen molar-refractivity contribution in [2.24, 2.45) is 5.92 Å². The molecule has 0 aliphatic heterocycles. The summed E-state index contributed by atoms with van der Waals surface area (Å²) in [7, 11) is 0. The maximum atomic E-state index is 12.6. The zero-order valence-corrected chi connectivity index (χ0v) is 17.2. The fourth-order valence-corrected chi connectivity index (χ4v) is 2.71. The largest absolute Gasteiger partial charge is 0.451 e. The molecule has 0 aliphatic rings. The monoisotopic (exact) mass is 407 g/mol. The van der Waals surface area contributed by atoms with E-state index in [0.29, 0.717) is 11.3 Å². The minimum absolute atomic E-state index is 0.141. The number of nitriles is 1. The second-order valence-corrected chi connectivity index (χ2v) is 7.21. The van der Waals surface area contributed by atoms with Gasteiger partial charge in [-0.1, -0.05) is 50.2 Å². The molecule has 0 heterocycles. The topological polar surface area (TPSA) is 108 Å². The lowest BCUT2D eigenvalue weighted by Gasteiger charge is -2.23. The van der Waals surface area contributed by atoms with Gasteiger partial charge in [-0.15, -0.1) is 0 Å². The average molecular weight is 407 g/mol. The zero-order chi connectivity index (χ0) is 22.1. The van der Waals surface area contributed by atoms with Crippen LogP contribution in [-0.4, -0.2) is 29.9 Å². The standard InChI is InChI=1S/C23H25N3O4/c1-15(2)21(26-20(27)13-17-8-5-4-6-9-17)23(29)30-16(3)22(28)25-19-11-7-10-18(12-19)14-24/h4-12,15-16,21H,13H2,1-3H3,(H,25,28)(H,26,27)/t16?,21-/m0/s1. The van der Waals surface area contributed by atoms with E-state index in [0.717, 1.165) is 5.56 Å². The van der Waals surface area contributed by atoms with Crippen LogP contribution in [0.2, 0.25) is 0 Å². The molecule has 0 fully saturated rings. The summed E-state index contributed by atoms with van der Waals surface area (Å²) in [5.74, 6) is -1.74. The summed E-state index contributed by atoms with van der Waals surface area (Å²) in [4.78, 5) is 37.3. The van der Waals surface area contributed by atoms with Gasteiger partial charge in [0.15, 0.2) is 6.10 Å². The quantitative estimate of drug-likeness (QED) is 0.654. The first kappa shape index (κ1) is 22.6. The van der Waals surface area contributed by atoms with Gasteiger partial charge >= 0.3 is 5.97 Å². The van der Waals surface area contributed by atoms with Crippen molar-refractivity contribution in [2.45, 2.75) is 39.3 Å². The molecule has 2 rings (SSSR count). The molecule has 7 nitrogen and oxygen atoms in total. The Bertz CT molecular complexity index is 935. The smallest absolute Gasteiger partial charge is 0.329 e. The Balaban J connectivity index is 1.95. The highest BCUT2D eigenvalue weighted by molar-refractivity contribution is 5.96. The Kier molecular flexibility index (Phi) is 8.12. The van der Waals surface area contributed by atoms with Crippen molar-refractivity contribution in [1.29, 1.82) is 5.26 Å². The summed E-state index contributed by atoms with van der Waals surface area (Å²) in [6, 6.07) is 16.7. The van der Waals surface area contributed by atoms with Gasteiger partial charge in [-0.05, 0) is 36.6 Å². The van der Waals surface area contributed by atoms with Gasteiger partial charge in [-0.3, -0.25) is 9.59 Å². The lowest BCUT2D eigenvalue weighted by atomic mass is 10.0. The number of carbonyl (C=O) groups is 3. The number of rotatable bonds is 8. The Hall–Kier alpha value is -3.66. The number of ether oxygens (including phenoxy) is 1. The molecule has 0 bridgehead atoms. The van der Waals surface area contributed by atoms with E-state index in [2.05, 4.69) is 10.6 Å². The van der Waals surface area contributed by atoms with Gasteiger partial charge in [0.25, 0.3) is 5.91 Å². The summed E-state index contributed by atoms with van der Waals surface area (Å²) >= 11 is 0. The van der Waals surface area contributed by atoms with Gasteiger partial charge in [-0.2, -0.15) is 5.26 Å². The van der Waals surface area contributed by atoms with Crippen LogP contribution in [0.5, 0.6) is 0 Å². The van der Waals surface area contributed by atoms with Crippen LogP contribution in [0.15, 0.2) is 54.6 Å². The average Bonchev–Trinajstić information content (AvgIpc) is 2.72. The molecule has 1 unspecified atom stereocenters. The highest BCUT2D eigenvalue weighted by Gasteiger charge is 2.29. The number of nitrogens with one attached hydrogen (secondary N) is 2. The second kappa shape index (κ2) is 10.8. The van der Waals surface area contributed by atoms with E-state index in [-0.39, 0.29) is 18.2 Å². The summed E-state index contributed by atoms with van der Waals surface area (Å²) in [6.45, 7) is 5.02. The molecule has 30 heavy (non-hydrogen) atoms. The number of hydrogen-bond donors (Lipinski definition) is 2. The molecule has 2 aromatic carbocycles. The normalized spacial score (nSPS) is 12.4. The molecule has 0 spiro atoms. The first-order valence-electron chi connectivity index (χ1n) is 9.65. The van der Waals surface area contributed by atoms with Crippen LogP contribution in [0.25, 0.3) is 0 Å². The molecule has 0 radical (unpaired) electrons. The van der Waals surface area contributed by atoms with Crippen molar-refractivity contribution in [3.63, 3.8) is 0 Å². The van der Waals surface area contributed by atoms with Gasteiger partial charge in [0.2, 0.25) is 5.91 Å². The van der Waals surface area contributed by atoms with Crippen LogP contribution < -0.4 is 10.6 Å².